The Kier molecular flexibility index (Phi) is 7.08. The van der Waals surface area contributed by atoms with Gasteiger partial charge in [0.15, 0.2) is 14.6 Å². The zero-order chi connectivity index (χ0) is 24.3. The monoisotopic (exact) mass is 491 g/mol. The van der Waals surface area contributed by atoms with E-state index < -0.39 is 31.9 Å². The number of esters is 1. The van der Waals surface area contributed by atoms with Gasteiger partial charge in [0.25, 0.3) is 11.6 Å². The molecule has 0 aliphatic rings. The van der Waals surface area contributed by atoms with Crippen LogP contribution in [0.3, 0.4) is 0 Å². The van der Waals surface area contributed by atoms with Crippen LogP contribution in [0.25, 0.3) is 10.2 Å². The van der Waals surface area contributed by atoms with Crippen LogP contribution >= 0.6 is 11.3 Å². The summed E-state index contributed by atoms with van der Waals surface area (Å²) in [5, 5.41) is 10.5. The molecule has 3 aromatic rings. The standard InChI is InChI=1S/C21H21N3O7S2/c1-4-31-19(25)12-23-17-9-8-15(24(27)28)11-18(17)32-21(23)22-20(26)14-6-5-7-16(10-14)33(29,30)13(2)3/h5-11,13H,4,12H2,1-3H3. The van der Waals surface area contributed by atoms with E-state index in [0.29, 0.717) is 10.2 Å². The largest absolute Gasteiger partial charge is 0.465 e. The van der Waals surface area contributed by atoms with Crippen molar-refractivity contribution in [3.63, 3.8) is 0 Å². The first-order chi connectivity index (χ1) is 15.5. The topological polar surface area (TPSA) is 138 Å². The number of hydrogen-bond acceptors (Lipinski definition) is 8. The molecule has 0 aliphatic heterocycles. The lowest BCUT2D eigenvalue weighted by atomic mass is 10.2. The summed E-state index contributed by atoms with van der Waals surface area (Å²) in [6.45, 7) is 4.66. The van der Waals surface area contributed by atoms with Crippen molar-refractivity contribution in [3.8, 4) is 0 Å². The molecule has 1 amide bonds. The second-order valence-electron chi connectivity index (χ2n) is 7.22. The number of nitrogens with zero attached hydrogens (tertiary/aromatic N) is 3. The molecule has 0 spiro atoms. The molecule has 2 aromatic carbocycles. The van der Waals surface area contributed by atoms with Crippen LogP contribution in [0.1, 0.15) is 31.1 Å². The molecule has 174 valence electrons. The van der Waals surface area contributed by atoms with Crippen molar-refractivity contribution >= 4 is 49.0 Å². The van der Waals surface area contributed by atoms with Crippen LogP contribution in [-0.2, 0) is 25.9 Å². The minimum atomic E-state index is -3.59. The van der Waals surface area contributed by atoms with Crippen molar-refractivity contribution in [3.05, 3.63) is 62.9 Å². The molecule has 0 atom stereocenters. The third kappa shape index (κ3) is 5.17. The number of carbonyl (C=O) groups is 2. The van der Waals surface area contributed by atoms with E-state index in [2.05, 4.69) is 4.99 Å². The average molecular weight is 492 g/mol. The normalized spacial score (nSPS) is 12.3. The Morgan fingerprint density at radius 3 is 2.58 bits per heavy atom. The number of ether oxygens (including phenoxy) is 1. The van der Waals surface area contributed by atoms with Gasteiger partial charge < -0.3 is 9.30 Å². The quantitative estimate of drug-likeness (QED) is 0.281. The van der Waals surface area contributed by atoms with E-state index in [1.165, 1.54) is 47.0 Å². The number of nitro groups is 1. The number of non-ortho nitro benzene ring substituents is 1. The van der Waals surface area contributed by atoms with Gasteiger partial charge in [-0.15, -0.1) is 0 Å². The van der Waals surface area contributed by atoms with Gasteiger partial charge in [0.1, 0.15) is 6.54 Å². The van der Waals surface area contributed by atoms with Crippen molar-refractivity contribution in [1.82, 2.24) is 4.57 Å². The Bertz CT molecular complexity index is 1420. The van der Waals surface area contributed by atoms with Crippen molar-refractivity contribution in [2.24, 2.45) is 4.99 Å². The summed E-state index contributed by atoms with van der Waals surface area (Å²) in [7, 11) is -3.59. The number of amides is 1. The van der Waals surface area contributed by atoms with Crippen LogP contribution < -0.4 is 4.80 Å². The molecule has 0 fully saturated rings. The summed E-state index contributed by atoms with van der Waals surface area (Å²) in [5.74, 6) is -1.27. The number of rotatable bonds is 7. The molecule has 0 N–H and O–H groups in total. The number of benzene rings is 2. The molecular formula is C21H21N3O7S2. The maximum atomic E-state index is 12.9. The lowest BCUT2D eigenvalue weighted by Crippen LogP contribution is -2.23. The Hall–Kier alpha value is -3.38. The summed E-state index contributed by atoms with van der Waals surface area (Å²) in [6, 6.07) is 9.67. The summed E-state index contributed by atoms with van der Waals surface area (Å²) in [6.07, 6.45) is 0. The van der Waals surface area contributed by atoms with Crippen molar-refractivity contribution in [1.29, 1.82) is 0 Å². The number of thiazole rings is 1. The molecule has 3 rings (SSSR count). The Morgan fingerprint density at radius 2 is 1.94 bits per heavy atom. The van der Waals surface area contributed by atoms with E-state index in [9.17, 15) is 28.1 Å². The number of nitro benzene ring substituents is 1. The fourth-order valence-electron chi connectivity index (χ4n) is 2.98. The highest BCUT2D eigenvalue weighted by molar-refractivity contribution is 7.92. The summed E-state index contributed by atoms with van der Waals surface area (Å²) in [5.41, 5.74) is 0.390. The van der Waals surface area contributed by atoms with Gasteiger partial charge in [0, 0.05) is 17.7 Å². The number of carbonyl (C=O) groups excluding carboxylic acids is 2. The molecule has 0 saturated heterocycles. The van der Waals surface area contributed by atoms with Gasteiger partial charge >= 0.3 is 5.97 Å². The van der Waals surface area contributed by atoms with Crippen LogP contribution in [0.15, 0.2) is 52.4 Å². The molecule has 0 radical (unpaired) electrons. The number of aromatic nitrogens is 1. The maximum Gasteiger partial charge on any atom is 0.326 e. The Morgan fingerprint density at radius 1 is 1.21 bits per heavy atom. The lowest BCUT2D eigenvalue weighted by molar-refractivity contribution is -0.384. The van der Waals surface area contributed by atoms with Gasteiger partial charge in [-0.05, 0) is 45.0 Å². The summed E-state index contributed by atoms with van der Waals surface area (Å²) < 4.78 is 31.8. The van der Waals surface area contributed by atoms with Gasteiger partial charge in [0.05, 0.1) is 31.9 Å². The Labute approximate surface area is 193 Å². The summed E-state index contributed by atoms with van der Waals surface area (Å²) >= 11 is 0.998. The zero-order valence-corrected chi connectivity index (χ0v) is 19.7. The van der Waals surface area contributed by atoms with E-state index in [1.807, 2.05) is 0 Å². The van der Waals surface area contributed by atoms with E-state index in [0.717, 1.165) is 11.3 Å². The minimum Gasteiger partial charge on any atom is -0.465 e. The van der Waals surface area contributed by atoms with Gasteiger partial charge in [-0.2, -0.15) is 4.99 Å². The van der Waals surface area contributed by atoms with Crippen molar-refractivity contribution in [2.75, 3.05) is 6.61 Å². The number of sulfone groups is 1. The van der Waals surface area contributed by atoms with Gasteiger partial charge in [-0.1, -0.05) is 17.4 Å². The van der Waals surface area contributed by atoms with Crippen LogP contribution in [0.2, 0.25) is 0 Å². The highest BCUT2D eigenvalue weighted by Gasteiger charge is 2.21. The predicted octanol–water partition coefficient (Wildman–Crippen LogP) is 3.10. The maximum absolute atomic E-state index is 12.9. The molecular weight excluding hydrogens is 470 g/mol. The third-order valence-electron chi connectivity index (χ3n) is 4.70. The molecule has 10 nitrogen and oxygen atoms in total. The van der Waals surface area contributed by atoms with Gasteiger partial charge in [-0.3, -0.25) is 19.7 Å². The molecule has 33 heavy (non-hydrogen) atoms. The van der Waals surface area contributed by atoms with Crippen LogP contribution in [0, 0.1) is 10.1 Å². The number of hydrogen-bond donors (Lipinski definition) is 0. The third-order valence-corrected chi connectivity index (χ3v) is 7.89. The van der Waals surface area contributed by atoms with Crippen LogP contribution in [0.5, 0.6) is 0 Å². The van der Waals surface area contributed by atoms with Gasteiger partial charge in [0.2, 0.25) is 0 Å². The average Bonchev–Trinajstić information content (AvgIpc) is 3.09. The minimum absolute atomic E-state index is 0.00455. The molecule has 0 aliphatic carbocycles. The first kappa shape index (κ1) is 24.3. The molecule has 0 unspecified atom stereocenters. The smallest absolute Gasteiger partial charge is 0.326 e. The molecule has 0 bridgehead atoms. The van der Waals surface area contributed by atoms with E-state index in [-0.39, 0.29) is 34.1 Å². The highest BCUT2D eigenvalue weighted by atomic mass is 32.2. The van der Waals surface area contributed by atoms with Gasteiger partial charge in [-0.25, -0.2) is 8.42 Å². The predicted molar refractivity (Wildman–Crippen MR) is 122 cm³/mol. The zero-order valence-electron chi connectivity index (χ0n) is 18.0. The second-order valence-corrected chi connectivity index (χ2v) is 10.7. The number of fused-ring (bicyclic) bond motifs is 1. The van der Waals surface area contributed by atoms with E-state index in [1.54, 1.807) is 20.8 Å². The molecule has 1 heterocycles. The first-order valence-electron chi connectivity index (χ1n) is 9.91. The first-order valence-corrected chi connectivity index (χ1v) is 12.3. The van der Waals surface area contributed by atoms with Crippen LogP contribution in [0.4, 0.5) is 5.69 Å². The van der Waals surface area contributed by atoms with E-state index >= 15 is 0 Å². The fraction of sp³-hybridized carbons (Fsp3) is 0.286. The molecule has 0 saturated carbocycles. The summed E-state index contributed by atoms with van der Waals surface area (Å²) in [4.78, 5) is 39.8. The second kappa shape index (κ2) is 9.63. The lowest BCUT2D eigenvalue weighted by Gasteiger charge is -2.08. The van der Waals surface area contributed by atoms with Crippen molar-refractivity contribution < 1.29 is 27.7 Å². The SMILES string of the molecule is CCOC(=O)Cn1c(=NC(=O)c2cccc(S(=O)(=O)C(C)C)c2)sc2cc([N+](=O)[O-])ccc21. The van der Waals surface area contributed by atoms with Crippen LogP contribution in [-0.4, -0.2) is 41.6 Å². The highest BCUT2D eigenvalue weighted by Crippen LogP contribution is 2.24. The van der Waals surface area contributed by atoms with E-state index in [4.69, 9.17) is 4.74 Å². The Balaban J connectivity index is 2.13. The van der Waals surface area contributed by atoms with Crippen molar-refractivity contribution in [2.45, 2.75) is 37.5 Å². The fourth-order valence-corrected chi connectivity index (χ4v) is 5.14. The molecule has 12 heteroatoms. The molecule has 1 aromatic heterocycles.